The van der Waals surface area contributed by atoms with Crippen molar-refractivity contribution in [1.82, 2.24) is 5.32 Å². The first-order valence-corrected chi connectivity index (χ1v) is 7.28. The molecule has 0 saturated heterocycles. The highest BCUT2D eigenvalue weighted by atomic mass is 32.2. The number of sulfonamides is 1. The zero-order chi connectivity index (χ0) is 14.8. The smallest absolute Gasteiger partial charge is 0.251 e. The molecule has 19 heavy (non-hydrogen) atoms. The summed E-state index contributed by atoms with van der Waals surface area (Å²) in [6.45, 7) is 5.67. The van der Waals surface area contributed by atoms with E-state index in [-0.39, 0.29) is 17.0 Å². The Bertz CT molecular complexity index is 597. The fourth-order valence-electron chi connectivity index (χ4n) is 1.47. The van der Waals surface area contributed by atoms with Crippen LogP contribution in [0, 0.1) is 18.7 Å². The minimum Gasteiger partial charge on any atom is -0.352 e. The Morgan fingerprint density at radius 3 is 2.47 bits per heavy atom. The van der Waals surface area contributed by atoms with Crippen molar-refractivity contribution in [1.29, 1.82) is 0 Å². The molecule has 1 amide bonds. The molecule has 0 spiro atoms. The number of benzene rings is 1. The molecule has 106 valence electrons. The minimum atomic E-state index is -4.20. The van der Waals surface area contributed by atoms with Crippen LogP contribution in [0.15, 0.2) is 17.0 Å². The van der Waals surface area contributed by atoms with Gasteiger partial charge in [0.25, 0.3) is 5.91 Å². The summed E-state index contributed by atoms with van der Waals surface area (Å²) in [6.07, 6.45) is 0. The molecule has 1 aromatic carbocycles. The Kier molecular flexibility index (Phi) is 4.65. The Morgan fingerprint density at radius 2 is 2.00 bits per heavy atom. The van der Waals surface area contributed by atoms with E-state index in [0.717, 1.165) is 6.07 Å². The summed E-state index contributed by atoms with van der Waals surface area (Å²) in [7, 11) is -4.20. The van der Waals surface area contributed by atoms with Crippen LogP contribution in [0.5, 0.6) is 0 Å². The van der Waals surface area contributed by atoms with Gasteiger partial charge in [0.15, 0.2) is 0 Å². The zero-order valence-electron chi connectivity index (χ0n) is 11.0. The third kappa shape index (κ3) is 4.00. The number of hydrogen-bond acceptors (Lipinski definition) is 3. The number of primary sulfonamides is 1. The van der Waals surface area contributed by atoms with Crippen LogP contribution in [0.1, 0.15) is 29.8 Å². The molecule has 0 fully saturated rings. The first-order valence-electron chi connectivity index (χ1n) is 5.74. The van der Waals surface area contributed by atoms with E-state index in [9.17, 15) is 17.6 Å². The van der Waals surface area contributed by atoms with Crippen molar-refractivity contribution in [3.8, 4) is 0 Å². The predicted octanol–water partition coefficient (Wildman–Crippen LogP) is 1.17. The molecular formula is C12H17FN2O3S. The van der Waals surface area contributed by atoms with Crippen molar-refractivity contribution in [2.75, 3.05) is 6.54 Å². The fourth-order valence-corrected chi connectivity index (χ4v) is 2.18. The van der Waals surface area contributed by atoms with E-state index in [1.807, 2.05) is 13.8 Å². The van der Waals surface area contributed by atoms with E-state index in [0.29, 0.717) is 6.54 Å². The second-order valence-electron chi connectivity index (χ2n) is 4.75. The van der Waals surface area contributed by atoms with Gasteiger partial charge in [-0.15, -0.1) is 0 Å². The Morgan fingerprint density at radius 1 is 1.42 bits per heavy atom. The SMILES string of the molecule is Cc1cc(C(=O)NCC(C)C)cc(S(N)(=O)=O)c1F. The van der Waals surface area contributed by atoms with Crippen molar-refractivity contribution in [3.05, 3.63) is 29.1 Å². The van der Waals surface area contributed by atoms with Gasteiger partial charge >= 0.3 is 0 Å². The normalized spacial score (nSPS) is 11.7. The fraction of sp³-hybridized carbons (Fsp3) is 0.417. The molecule has 0 aliphatic rings. The lowest BCUT2D eigenvalue weighted by atomic mass is 10.1. The number of halogens is 1. The molecule has 1 aromatic rings. The largest absolute Gasteiger partial charge is 0.352 e. The number of aryl methyl sites for hydroxylation is 1. The minimum absolute atomic E-state index is 0.0567. The molecule has 3 N–H and O–H groups in total. The second kappa shape index (κ2) is 5.66. The summed E-state index contributed by atoms with van der Waals surface area (Å²) < 4.78 is 36.2. The van der Waals surface area contributed by atoms with Crippen LogP contribution in [0.3, 0.4) is 0 Å². The van der Waals surface area contributed by atoms with E-state index >= 15 is 0 Å². The molecule has 0 unspecified atom stereocenters. The number of amides is 1. The van der Waals surface area contributed by atoms with Crippen LogP contribution >= 0.6 is 0 Å². The lowest BCUT2D eigenvalue weighted by Gasteiger charge is -2.10. The van der Waals surface area contributed by atoms with Crippen molar-refractivity contribution >= 4 is 15.9 Å². The molecule has 1 rings (SSSR count). The monoisotopic (exact) mass is 288 g/mol. The maximum Gasteiger partial charge on any atom is 0.251 e. The maximum absolute atomic E-state index is 13.7. The van der Waals surface area contributed by atoms with E-state index in [1.54, 1.807) is 0 Å². The number of carbonyl (C=O) groups excluding carboxylic acids is 1. The molecule has 0 aliphatic heterocycles. The third-order valence-electron chi connectivity index (χ3n) is 2.46. The van der Waals surface area contributed by atoms with Crippen molar-refractivity contribution in [2.45, 2.75) is 25.7 Å². The average Bonchev–Trinajstić information content (AvgIpc) is 2.27. The van der Waals surface area contributed by atoms with Crippen molar-refractivity contribution < 1.29 is 17.6 Å². The van der Waals surface area contributed by atoms with Gasteiger partial charge in [0, 0.05) is 12.1 Å². The maximum atomic E-state index is 13.7. The molecule has 0 heterocycles. The van der Waals surface area contributed by atoms with Gasteiger partial charge in [0.1, 0.15) is 10.7 Å². The summed E-state index contributed by atoms with van der Waals surface area (Å²) >= 11 is 0. The molecule has 0 saturated carbocycles. The van der Waals surface area contributed by atoms with Crippen LogP contribution in [0.2, 0.25) is 0 Å². The van der Waals surface area contributed by atoms with E-state index < -0.39 is 26.6 Å². The molecule has 0 atom stereocenters. The number of carbonyl (C=O) groups is 1. The zero-order valence-corrected chi connectivity index (χ0v) is 11.8. The number of nitrogens with one attached hydrogen (secondary N) is 1. The van der Waals surface area contributed by atoms with Crippen LogP contribution in [0.4, 0.5) is 4.39 Å². The standard InChI is InChI=1S/C12H17FN2O3S/c1-7(2)6-15-12(16)9-4-8(3)11(13)10(5-9)19(14,17)18/h4-5,7H,6H2,1-3H3,(H,15,16)(H2,14,17,18). The highest BCUT2D eigenvalue weighted by Crippen LogP contribution is 2.19. The third-order valence-corrected chi connectivity index (χ3v) is 3.37. The molecular weight excluding hydrogens is 271 g/mol. The van der Waals surface area contributed by atoms with Gasteiger partial charge in [-0.05, 0) is 30.5 Å². The summed E-state index contributed by atoms with van der Waals surface area (Å²) in [5, 5.41) is 7.54. The van der Waals surface area contributed by atoms with Gasteiger partial charge in [-0.3, -0.25) is 4.79 Å². The topological polar surface area (TPSA) is 89.3 Å². The average molecular weight is 288 g/mol. The highest BCUT2D eigenvalue weighted by molar-refractivity contribution is 7.89. The van der Waals surface area contributed by atoms with Crippen LogP contribution in [-0.2, 0) is 10.0 Å². The van der Waals surface area contributed by atoms with Gasteiger partial charge in [-0.2, -0.15) is 0 Å². The van der Waals surface area contributed by atoms with Gasteiger partial charge in [-0.25, -0.2) is 17.9 Å². The van der Waals surface area contributed by atoms with E-state index in [2.05, 4.69) is 5.32 Å². The Hall–Kier alpha value is -1.47. The molecule has 5 nitrogen and oxygen atoms in total. The number of nitrogens with two attached hydrogens (primary N) is 1. The summed E-state index contributed by atoms with van der Waals surface area (Å²) in [6, 6.07) is 2.24. The van der Waals surface area contributed by atoms with Crippen LogP contribution < -0.4 is 10.5 Å². The van der Waals surface area contributed by atoms with Gasteiger partial charge in [0.2, 0.25) is 10.0 Å². The Balaban J connectivity index is 3.18. The van der Waals surface area contributed by atoms with E-state index in [1.165, 1.54) is 13.0 Å². The van der Waals surface area contributed by atoms with Gasteiger partial charge < -0.3 is 5.32 Å². The summed E-state index contributed by atoms with van der Waals surface area (Å²) in [5.74, 6) is -1.13. The number of hydrogen-bond donors (Lipinski definition) is 2. The molecule has 0 aromatic heterocycles. The molecule has 0 radical (unpaired) electrons. The molecule has 7 heteroatoms. The first kappa shape index (κ1) is 15.6. The molecule has 0 aliphatic carbocycles. The first-order chi connectivity index (χ1) is 8.62. The molecule has 0 bridgehead atoms. The van der Waals surface area contributed by atoms with Crippen LogP contribution in [0.25, 0.3) is 0 Å². The quantitative estimate of drug-likeness (QED) is 0.871. The lowest BCUT2D eigenvalue weighted by Crippen LogP contribution is -2.28. The second-order valence-corrected chi connectivity index (χ2v) is 6.28. The summed E-state index contributed by atoms with van der Waals surface area (Å²) in [4.78, 5) is 11.2. The van der Waals surface area contributed by atoms with Crippen molar-refractivity contribution in [3.63, 3.8) is 0 Å². The highest BCUT2D eigenvalue weighted by Gasteiger charge is 2.19. The predicted molar refractivity (Wildman–Crippen MR) is 69.7 cm³/mol. The summed E-state index contributed by atoms with van der Waals surface area (Å²) in [5.41, 5.74) is 0.129. The number of rotatable bonds is 4. The lowest BCUT2D eigenvalue weighted by molar-refractivity contribution is 0.0948. The van der Waals surface area contributed by atoms with Gasteiger partial charge in [0.05, 0.1) is 0 Å². The van der Waals surface area contributed by atoms with E-state index in [4.69, 9.17) is 5.14 Å². The van der Waals surface area contributed by atoms with Crippen molar-refractivity contribution in [2.24, 2.45) is 11.1 Å². The van der Waals surface area contributed by atoms with Crippen LogP contribution in [-0.4, -0.2) is 20.9 Å². The van der Waals surface area contributed by atoms with Gasteiger partial charge in [-0.1, -0.05) is 13.8 Å². The Labute approximate surface area is 112 Å².